The zero-order valence-electron chi connectivity index (χ0n) is 11.1. The van der Waals surface area contributed by atoms with Gasteiger partial charge in [0.25, 0.3) is 0 Å². The Balaban J connectivity index is 2.41. The molecule has 7 heteroatoms. The molecule has 0 aromatic carbocycles. The summed E-state index contributed by atoms with van der Waals surface area (Å²) in [6.07, 6.45) is -3.33. The fourth-order valence-corrected chi connectivity index (χ4v) is 3.10. The Labute approximate surface area is 118 Å². The molecule has 0 saturated heterocycles. The van der Waals surface area contributed by atoms with Crippen molar-refractivity contribution < 1.29 is 13.2 Å². The molecule has 0 saturated carbocycles. The van der Waals surface area contributed by atoms with Crippen molar-refractivity contribution in [3.8, 4) is 0 Å². The van der Waals surface area contributed by atoms with Gasteiger partial charge in [-0.15, -0.1) is 0 Å². The summed E-state index contributed by atoms with van der Waals surface area (Å²) in [6.45, 7) is 7.60. The summed E-state index contributed by atoms with van der Waals surface area (Å²) in [5, 5.41) is 5.97. The third-order valence-electron chi connectivity index (χ3n) is 3.00. The number of allylic oxidation sites excluding steroid dienone is 1. The first-order chi connectivity index (χ1) is 8.51. The molecule has 2 atom stereocenters. The standard InChI is InChI=1S/C12H15BrF3N3/c1-6-5-7(12(14,15)16)17-10-8(13)9(11(2,3)4)18-19(6)10/h5-6,8H,1-4H3. The molecule has 0 N–H and O–H groups in total. The van der Waals surface area contributed by atoms with Crippen molar-refractivity contribution in [3.05, 3.63) is 11.8 Å². The van der Waals surface area contributed by atoms with Crippen LogP contribution in [0.3, 0.4) is 0 Å². The fourth-order valence-electron chi connectivity index (χ4n) is 2.01. The van der Waals surface area contributed by atoms with Crippen molar-refractivity contribution in [1.29, 1.82) is 0 Å². The predicted octanol–water partition coefficient (Wildman–Crippen LogP) is 3.71. The summed E-state index contributed by atoms with van der Waals surface area (Å²) in [5.41, 5.74) is -0.289. The average molecular weight is 338 g/mol. The van der Waals surface area contributed by atoms with E-state index in [9.17, 15) is 13.2 Å². The van der Waals surface area contributed by atoms with Crippen LogP contribution in [-0.2, 0) is 0 Å². The highest BCUT2D eigenvalue weighted by molar-refractivity contribution is 9.10. The van der Waals surface area contributed by atoms with Crippen LogP contribution in [-0.4, -0.2) is 33.6 Å². The lowest BCUT2D eigenvalue weighted by Gasteiger charge is -2.27. The molecule has 0 aliphatic carbocycles. The Bertz CT molecular complexity index is 485. The second kappa shape index (κ2) is 4.33. The normalized spacial score (nSPS) is 27.8. The van der Waals surface area contributed by atoms with Crippen LogP contribution in [0, 0.1) is 5.41 Å². The van der Waals surface area contributed by atoms with Crippen LogP contribution in [0.15, 0.2) is 21.9 Å². The lowest BCUT2D eigenvalue weighted by molar-refractivity contribution is -0.0933. The minimum atomic E-state index is -4.43. The summed E-state index contributed by atoms with van der Waals surface area (Å²) in [7, 11) is 0. The quantitative estimate of drug-likeness (QED) is 0.619. The van der Waals surface area contributed by atoms with Crippen LogP contribution >= 0.6 is 15.9 Å². The topological polar surface area (TPSA) is 28.0 Å². The molecule has 2 aliphatic heterocycles. The monoisotopic (exact) mass is 337 g/mol. The van der Waals surface area contributed by atoms with E-state index in [1.54, 1.807) is 11.9 Å². The van der Waals surface area contributed by atoms with E-state index in [2.05, 4.69) is 26.0 Å². The number of nitrogens with zero attached hydrogens (tertiary/aromatic N) is 3. The highest BCUT2D eigenvalue weighted by atomic mass is 79.9. The van der Waals surface area contributed by atoms with Gasteiger partial charge in [0.15, 0.2) is 0 Å². The lowest BCUT2D eigenvalue weighted by Crippen LogP contribution is -2.39. The van der Waals surface area contributed by atoms with Gasteiger partial charge >= 0.3 is 6.18 Å². The van der Waals surface area contributed by atoms with Gasteiger partial charge in [0.05, 0.1) is 11.8 Å². The van der Waals surface area contributed by atoms with Crippen LogP contribution in [0.5, 0.6) is 0 Å². The van der Waals surface area contributed by atoms with Gasteiger partial charge in [0.1, 0.15) is 16.4 Å². The second-order valence-corrected chi connectivity index (χ2v) is 6.62. The SMILES string of the molecule is CC1C=C(C(F)(F)F)N=C2C(Br)C(C(C)(C)C)=NN21. The van der Waals surface area contributed by atoms with E-state index in [0.717, 1.165) is 11.8 Å². The third-order valence-corrected chi connectivity index (χ3v) is 3.84. The van der Waals surface area contributed by atoms with Crippen LogP contribution in [0.2, 0.25) is 0 Å². The van der Waals surface area contributed by atoms with Gasteiger partial charge in [-0.25, -0.2) is 10.0 Å². The van der Waals surface area contributed by atoms with Gasteiger partial charge in [0.2, 0.25) is 0 Å². The van der Waals surface area contributed by atoms with E-state index in [-0.39, 0.29) is 10.2 Å². The Morgan fingerprint density at radius 2 is 1.84 bits per heavy atom. The number of hydrogen-bond donors (Lipinski definition) is 0. The molecule has 2 rings (SSSR count). The molecule has 0 spiro atoms. The van der Waals surface area contributed by atoms with Gasteiger partial charge in [-0.05, 0) is 13.0 Å². The third kappa shape index (κ3) is 2.57. The van der Waals surface area contributed by atoms with Crippen molar-refractivity contribution in [2.75, 3.05) is 0 Å². The molecule has 0 aromatic rings. The maximum atomic E-state index is 12.8. The number of aliphatic imine (C=N–C) groups is 1. The molecule has 2 heterocycles. The Hall–Kier alpha value is -0.850. The first-order valence-corrected chi connectivity index (χ1v) is 6.83. The van der Waals surface area contributed by atoms with E-state index in [4.69, 9.17) is 0 Å². The smallest absolute Gasteiger partial charge is 0.243 e. The van der Waals surface area contributed by atoms with E-state index in [0.29, 0.717) is 5.84 Å². The molecule has 0 aromatic heterocycles. The number of hydrogen-bond acceptors (Lipinski definition) is 3. The molecule has 2 aliphatic rings. The number of alkyl halides is 4. The average Bonchev–Trinajstić information content (AvgIpc) is 2.55. The molecule has 0 amide bonds. The van der Waals surface area contributed by atoms with Crippen LogP contribution in [0.4, 0.5) is 13.2 Å². The van der Waals surface area contributed by atoms with Crippen molar-refractivity contribution in [3.63, 3.8) is 0 Å². The highest BCUT2D eigenvalue weighted by Crippen LogP contribution is 2.36. The van der Waals surface area contributed by atoms with Crippen molar-refractivity contribution >= 4 is 27.5 Å². The second-order valence-electron chi connectivity index (χ2n) is 5.70. The van der Waals surface area contributed by atoms with Crippen LogP contribution < -0.4 is 0 Å². The van der Waals surface area contributed by atoms with E-state index >= 15 is 0 Å². The molecule has 3 nitrogen and oxygen atoms in total. The maximum absolute atomic E-state index is 12.8. The first-order valence-electron chi connectivity index (χ1n) is 5.91. The molecule has 0 bridgehead atoms. The molecule has 0 fully saturated rings. The Morgan fingerprint density at radius 1 is 1.26 bits per heavy atom. The highest BCUT2D eigenvalue weighted by Gasteiger charge is 2.44. The number of rotatable bonds is 0. The van der Waals surface area contributed by atoms with Crippen LogP contribution in [0.25, 0.3) is 0 Å². The molecular formula is C12H15BrF3N3. The molecule has 2 unspecified atom stereocenters. The Morgan fingerprint density at radius 3 is 2.32 bits per heavy atom. The molecule has 106 valence electrons. The summed E-state index contributed by atoms with van der Waals surface area (Å²) in [6, 6.07) is -0.455. The van der Waals surface area contributed by atoms with Gasteiger partial charge in [0, 0.05) is 5.41 Å². The zero-order chi connectivity index (χ0) is 14.6. The number of halogens is 4. The van der Waals surface area contributed by atoms with Gasteiger partial charge in [-0.3, -0.25) is 0 Å². The summed E-state index contributed by atoms with van der Waals surface area (Å²) >= 11 is 3.41. The van der Waals surface area contributed by atoms with E-state index in [1.807, 2.05) is 20.8 Å². The fraction of sp³-hybridized carbons (Fsp3) is 0.667. The Kier molecular flexibility index (Phi) is 3.32. The molecule has 0 radical (unpaired) electrons. The minimum absolute atomic E-state index is 0.230. The van der Waals surface area contributed by atoms with Gasteiger partial charge in [-0.1, -0.05) is 36.7 Å². The van der Waals surface area contributed by atoms with Crippen molar-refractivity contribution in [1.82, 2.24) is 5.01 Å². The number of amidine groups is 1. The predicted molar refractivity (Wildman–Crippen MR) is 72.5 cm³/mol. The number of fused-ring (bicyclic) bond motifs is 1. The lowest BCUT2D eigenvalue weighted by atomic mass is 9.88. The zero-order valence-corrected chi connectivity index (χ0v) is 12.7. The minimum Gasteiger partial charge on any atom is -0.243 e. The maximum Gasteiger partial charge on any atom is 0.433 e. The molecule has 19 heavy (non-hydrogen) atoms. The number of hydrazone groups is 1. The summed E-state index contributed by atoms with van der Waals surface area (Å²) < 4.78 is 38.4. The van der Waals surface area contributed by atoms with Gasteiger partial charge in [-0.2, -0.15) is 18.3 Å². The van der Waals surface area contributed by atoms with Crippen molar-refractivity contribution in [2.24, 2.45) is 15.5 Å². The summed E-state index contributed by atoms with van der Waals surface area (Å²) in [4.78, 5) is 3.35. The largest absolute Gasteiger partial charge is 0.433 e. The van der Waals surface area contributed by atoms with Crippen LogP contribution in [0.1, 0.15) is 27.7 Å². The van der Waals surface area contributed by atoms with E-state index in [1.165, 1.54) is 0 Å². The van der Waals surface area contributed by atoms with E-state index < -0.39 is 17.9 Å². The first kappa shape index (κ1) is 14.6. The molecular weight excluding hydrogens is 323 g/mol. The van der Waals surface area contributed by atoms with Gasteiger partial charge < -0.3 is 0 Å². The van der Waals surface area contributed by atoms with Crippen molar-refractivity contribution in [2.45, 2.75) is 44.7 Å². The summed E-state index contributed by atoms with van der Waals surface area (Å²) in [5.74, 6) is 0.312.